The van der Waals surface area contributed by atoms with Crippen LogP contribution in [0.3, 0.4) is 0 Å². The quantitative estimate of drug-likeness (QED) is 0.330. The second kappa shape index (κ2) is 8.74. The smallest absolute Gasteiger partial charge is 0.256 e. The summed E-state index contributed by atoms with van der Waals surface area (Å²) in [5, 5.41) is 23.2. The van der Waals surface area contributed by atoms with Gasteiger partial charge in [-0.05, 0) is 81.3 Å². The average molecular weight is 504 g/mol. The maximum atomic E-state index is 14.3. The molecule has 0 unspecified atom stereocenters. The Balaban J connectivity index is 1.30. The summed E-state index contributed by atoms with van der Waals surface area (Å²) < 4.78 is 14.3. The number of carbonyl (C=O) groups excluding carboxylic acids is 1. The number of halogens is 1. The predicted octanol–water partition coefficient (Wildman–Crippen LogP) is 3.75. The molecule has 6 rings (SSSR count). The summed E-state index contributed by atoms with van der Waals surface area (Å²) in [6.45, 7) is 3.88. The van der Waals surface area contributed by atoms with Gasteiger partial charge in [0.05, 0.1) is 0 Å². The molecule has 3 heterocycles. The fourth-order valence-corrected chi connectivity index (χ4v) is 4.83. The van der Waals surface area contributed by atoms with Gasteiger partial charge in [0.1, 0.15) is 34.3 Å². The number of amides is 1. The molecule has 1 aromatic carbocycles. The van der Waals surface area contributed by atoms with Crippen LogP contribution >= 0.6 is 0 Å². The van der Waals surface area contributed by atoms with Crippen molar-refractivity contribution >= 4 is 29.2 Å². The molecule has 3 aromatic rings. The molecule has 1 aliphatic heterocycles. The minimum absolute atomic E-state index is 0.106. The van der Waals surface area contributed by atoms with Gasteiger partial charge < -0.3 is 26.4 Å². The van der Waals surface area contributed by atoms with Crippen molar-refractivity contribution in [1.82, 2.24) is 25.6 Å². The van der Waals surface area contributed by atoms with E-state index in [0.717, 1.165) is 31.5 Å². The third-order valence-corrected chi connectivity index (χ3v) is 7.10. The van der Waals surface area contributed by atoms with E-state index >= 15 is 0 Å². The first kappa shape index (κ1) is 23.7. The highest BCUT2D eigenvalue weighted by Gasteiger charge is 2.46. The maximum absolute atomic E-state index is 14.3. The van der Waals surface area contributed by atoms with Crippen LogP contribution in [0.2, 0.25) is 0 Å². The molecule has 3 aliphatic rings. The Hall–Kier alpha value is -3.63. The molecular weight excluding hydrogens is 473 g/mol. The van der Waals surface area contributed by atoms with Crippen LogP contribution in [0, 0.1) is 5.82 Å². The Morgan fingerprint density at radius 1 is 1.16 bits per heavy atom. The zero-order valence-electron chi connectivity index (χ0n) is 20.9. The van der Waals surface area contributed by atoms with Gasteiger partial charge in [-0.15, -0.1) is 0 Å². The van der Waals surface area contributed by atoms with Crippen LogP contribution in [-0.4, -0.2) is 38.6 Å². The Kier molecular flexibility index (Phi) is 5.61. The third-order valence-electron chi connectivity index (χ3n) is 7.10. The van der Waals surface area contributed by atoms with Crippen LogP contribution in [0.25, 0.3) is 0 Å². The molecule has 0 bridgehead atoms. The summed E-state index contributed by atoms with van der Waals surface area (Å²) in [5.41, 5.74) is 2.36. The molecule has 2 aliphatic carbocycles. The van der Waals surface area contributed by atoms with Crippen LogP contribution < -0.4 is 21.3 Å². The first-order chi connectivity index (χ1) is 17.7. The fourth-order valence-electron chi connectivity index (χ4n) is 4.83. The van der Waals surface area contributed by atoms with E-state index in [1.165, 1.54) is 56.1 Å². The molecule has 0 atom stereocenters. The SMILES string of the molecule is CC(C)(O)c1nc(Nc2nc(Nc3ccc4c(c3)CCNC43CC3)ncc2C(=O)NC2CC2)ccc1F. The lowest BCUT2D eigenvalue weighted by molar-refractivity contribution is 0.0696. The highest BCUT2D eigenvalue weighted by atomic mass is 19.1. The van der Waals surface area contributed by atoms with Crippen LogP contribution in [0.15, 0.2) is 36.5 Å². The average Bonchev–Trinajstić information content (AvgIpc) is 3.78. The second-order valence-electron chi connectivity index (χ2n) is 10.7. The third kappa shape index (κ3) is 4.86. The summed E-state index contributed by atoms with van der Waals surface area (Å²) in [7, 11) is 0. The van der Waals surface area contributed by atoms with E-state index in [9.17, 15) is 14.3 Å². The number of fused-ring (bicyclic) bond motifs is 2. The van der Waals surface area contributed by atoms with Crippen molar-refractivity contribution in [1.29, 1.82) is 0 Å². The number of hydrogen-bond donors (Lipinski definition) is 5. The highest BCUT2D eigenvalue weighted by Crippen LogP contribution is 2.49. The molecule has 1 spiro atoms. The van der Waals surface area contributed by atoms with Gasteiger partial charge in [0, 0.05) is 30.0 Å². The molecule has 2 fully saturated rings. The van der Waals surface area contributed by atoms with Gasteiger partial charge in [-0.2, -0.15) is 4.98 Å². The van der Waals surface area contributed by atoms with Crippen molar-refractivity contribution in [3.05, 3.63) is 64.7 Å². The van der Waals surface area contributed by atoms with Crippen molar-refractivity contribution in [3.8, 4) is 0 Å². The van der Waals surface area contributed by atoms with Gasteiger partial charge in [-0.3, -0.25) is 4.79 Å². The maximum Gasteiger partial charge on any atom is 0.256 e. The summed E-state index contributed by atoms with van der Waals surface area (Å²) in [5.74, 6) is -0.122. The number of pyridine rings is 1. The molecular formula is C27H30FN7O2. The summed E-state index contributed by atoms with van der Waals surface area (Å²) in [6.07, 6.45) is 6.65. The molecule has 0 radical (unpaired) electrons. The number of rotatable bonds is 7. The highest BCUT2D eigenvalue weighted by molar-refractivity contribution is 5.99. The lowest BCUT2D eigenvalue weighted by Gasteiger charge is -2.27. The lowest BCUT2D eigenvalue weighted by Crippen LogP contribution is -2.36. The van der Waals surface area contributed by atoms with E-state index in [4.69, 9.17) is 0 Å². The number of hydrogen-bond acceptors (Lipinski definition) is 8. The number of anilines is 4. The van der Waals surface area contributed by atoms with Gasteiger partial charge >= 0.3 is 0 Å². The molecule has 10 heteroatoms. The molecule has 9 nitrogen and oxygen atoms in total. The van der Waals surface area contributed by atoms with Gasteiger partial charge in [0.25, 0.3) is 5.91 Å². The lowest BCUT2D eigenvalue weighted by atomic mass is 9.92. The number of aliphatic hydroxyl groups is 1. The van der Waals surface area contributed by atoms with E-state index in [1.54, 1.807) is 0 Å². The topological polar surface area (TPSA) is 124 Å². The minimum Gasteiger partial charge on any atom is -0.384 e. The minimum atomic E-state index is -1.48. The van der Waals surface area contributed by atoms with Gasteiger partial charge in [0.15, 0.2) is 0 Å². The van der Waals surface area contributed by atoms with E-state index in [-0.39, 0.29) is 40.4 Å². The van der Waals surface area contributed by atoms with Crippen LogP contribution in [-0.2, 0) is 17.6 Å². The van der Waals surface area contributed by atoms with Gasteiger partial charge in [-0.1, -0.05) is 6.07 Å². The Bertz CT molecular complexity index is 1380. The number of carbonyl (C=O) groups is 1. The van der Waals surface area contributed by atoms with Crippen molar-refractivity contribution in [2.75, 3.05) is 17.2 Å². The number of nitrogens with zero attached hydrogens (tertiary/aromatic N) is 3. The summed E-state index contributed by atoms with van der Waals surface area (Å²) >= 11 is 0. The van der Waals surface area contributed by atoms with E-state index < -0.39 is 11.4 Å². The zero-order chi connectivity index (χ0) is 25.8. The first-order valence-corrected chi connectivity index (χ1v) is 12.7. The Morgan fingerprint density at radius 2 is 1.97 bits per heavy atom. The zero-order valence-corrected chi connectivity index (χ0v) is 20.9. The second-order valence-corrected chi connectivity index (χ2v) is 10.7. The number of benzene rings is 1. The van der Waals surface area contributed by atoms with Gasteiger partial charge in [-0.25, -0.2) is 14.4 Å². The molecule has 37 heavy (non-hydrogen) atoms. The summed E-state index contributed by atoms with van der Waals surface area (Å²) in [6, 6.07) is 9.14. The molecule has 2 aromatic heterocycles. The Morgan fingerprint density at radius 3 is 2.70 bits per heavy atom. The van der Waals surface area contributed by atoms with Crippen LogP contribution in [0.4, 0.5) is 27.7 Å². The molecule has 192 valence electrons. The molecule has 0 saturated heterocycles. The predicted molar refractivity (Wildman–Crippen MR) is 138 cm³/mol. The van der Waals surface area contributed by atoms with Crippen LogP contribution in [0.5, 0.6) is 0 Å². The first-order valence-electron chi connectivity index (χ1n) is 12.7. The van der Waals surface area contributed by atoms with Crippen molar-refractivity contribution in [2.45, 2.75) is 63.1 Å². The summed E-state index contributed by atoms with van der Waals surface area (Å²) in [4.78, 5) is 26.1. The van der Waals surface area contributed by atoms with E-state index in [2.05, 4.69) is 48.4 Å². The molecule has 5 N–H and O–H groups in total. The van der Waals surface area contributed by atoms with E-state index in [0.29, 0.717) is 5.95 Å². The molecule has 2 saturated carbocycles. The standard InChI is InChI=1S/C27H30FN7O2/c1-26(2,37)22-20(28)7-8-21(33-22)34-23-18(24(36)31-16-3-4-16)14-29-25(35-23)32-17-5-6-19-15(13-17)9-12-30-27(19)10-11-27/h5-8,13-14,16,30,37H,3-4,9-12H2,1-2H3,(H,31,36)(H2,29,32,33,34,35). The normalized spacial score (nSPS) is 17.7. The Labute approximate surface area is 214 Å². The van der Waals surface area contributed by atoms with Crippen molar-refractivity contribution in [2.24, 2.45) is 0 Å². The number of aromatic nitrogens is 3. The molecule has 1 amide bonds. The van der Waals surface area contributed by atoms with Crippen molar-refractivity contribution < 1.29 is 14.3 Å². The fraction of sp³-hybridized carbons (Fsp3) is 0.407. The van der Waals surface area contributed by atoms with Crippen LogP contribution in [0.1, 0.15) is 66.7 Å². The largest absolute Gasteiger partial charge is 0.384 e. The van der Waals surface area contributed by atoms with Gasteiger partial charge in [0.2, 0.25) is 5.95 Å². The number of nitrogens with one attached hydrogen (secondary N) is 4. The van der Waals surface area contributed by atoms with Crippen molar-refractivity contribution in [3.63, 3.8) is 0 Å². The monoisotopic (exact) mass is 503 g/mol. The van der Waals surface area contributed by atoms with E-state index in [1.807, 2.05) is 6.07 Å².